The van der Waals surface area contributed by atoms with Crippen LogP contribution in [0.15, 0.2) is 73.1 Å². The molecule has 0 radical (unpaired) electrons. The lowest BCUT2D eigenvalue weighted by Crippen LogP contribution is -2.30. The molecule has 1 amide bonds. The molecular weight excluding hydrogens is 444 g/mol. The van der Waals surface area contributed by atoms with E-state index >= 15 is 0 Å². The van der Waals surface area contributed by atoms with Gasteiger partial charge in [-0.15, -0.1) is 0 Å². The van der Waals surface area contributed by atoms with Gasteiger partial charge in [0.05, 0.1) is 10.6 Å². The van der Waals surface area contributed by atoms with Crippen molar-refractivity contribution in [1.82, 2.24) is 15.4 Å². The number of rotatable bonds is 7. The highest BCUT2D eigenvalue weighted by Gasteiger charge is 2.28. The summed E-state index contributed by atoms with van der Waals surface area (Å²) >= 11 is 5.85. The number of hydrogen-bond acceptors (Lipinski definition) is 7. The molecule has 0 aliphatic rings. The van der Waals surface area contributed by atoms with Gasteiger partial charge >= 0.3 is 5.69 Å². The third-order valence-electron chi connectivity index (χ3n) is 5.02. The molecule has 1 heterocycles. The summed E-state index contributed by atoms with van der Waals surface area (Å²) in [6.45, 7) is 2.30. The molecule has 10 heteroatoms. The van der Waals surface area contributed by atoms with Crippen LogP contribution in [0.1, 0.15) is 17.3 Å². The number of anilines is 3. The van der Waals surface area contributed by atoms with Crippen LogP contribution in [0, 0.1) is 10.1 Å². The van der Waals surface area contributed by atoms with E-state index in [1.807, 2.05) is 49.4 Å². The van der Waals surface area contributed by atoms with Crippen LogP contribution in [0.3, 0.4) is 0 Å². The molecule has 0 unspecified atom stereocenters. The molecule has 0 bridgehead atoms. The van der Waals surface area contributed by atoms with Crippen molar-refractivity contribution in [2.24, 2.45) is 0 Å². The second-order valence-corrected chi connectivity index (χ2v) is 7.42. The summed E-state index contributed by atoms with van der Waals surface area (Å²) in [7, 11) is 0. The van der Waals surface area contributed by atoms with E-state index in [4.69, 9.17) is 11.6 Å². The number of nitro groups is 1. The lowest BCUT2D eigenvalue weighted by molar-refractivity contribution is -0.383. The summed E-state index contributed by atoms with van der Waals surface area (Å²) in [5, 5.41) is 14.5. The van der Waals surface area contributed by atoms with Gasteiger partial charge in [-0.1, -0.05) is 48.0 Å². The lowest BCUT2D eigenvalue weighted by Gasteiger charge is -2.24. The predicted molar refractivity (Wildman–Crippen MR) is 128 cm³/mol. The monoisotopic (exact) mass is 462 g/mol. The van der Waals surface area contributed by atoms with Gasteiger partial charge in [-0.3, -0.25) is 25.8 Å². The number of halogens is 1. The van der Waals surface area contributed by atoms with E-state index < -0.39 is 10.8 Å². The normalized spacial score (nSPS) is 10.6. The zero-order valence-corrected chi connectivity index (χ0v) is 18.3. The van der Waals surface area contributed by atoms with E-state index in [0.717, 1.165) is 16.5 Å². The number of hydrazine groups is 1. The second-order valence-electron chi connectivity index (χ2n) is 6.98. The fourth-order valence-electron chi connectivity index (χ4n) is 3.49. The predicted octanol–water partition coefficient (Wildman–Crippen LogP) is 5.11. The van der Waals surface area contributed by atoms with Crippen LogP contribution in [0.5, 0.6) is 0 Å². The van der Waals surface area contributed by atoms with Crippen molar-refractivity contribution in [1.29, 1.82) is 0 Å². The largest absolute Gasteiger partial charge is 0.355 e. The maximum Gasteiger partial charge on any atom is 0.355 e. The van der Waals surface area contributed by atoms with Crippen LogP contribution < -0.4 is 15.8 Å². The third-order valence-corrected chi connectivity index (χ3v) is 5.27. The number of hydrogen-bond donors (Lipinski definition) is 2. The minimum absolute atomic E-state index is 0.108. The molecule has 0 saturated heterocycles. The van der Waals surface area contributed by atoms with E-state index in [2.05, 4.69) is 20.8 Å². The summed E-state index contributed by atoms with van der Waals surface area (Å²) in [5.74, 6) is -0.523. The summed E-state index contributed by atoms with van der Waals surface area (Å²) < 4.78 is 0. The first-order valence-electron chi connectivity index (χ1n) is 10.1. The SMILES string of the molecule is CCN(c1ncnc(NNC(=O)c2ccc(Cl)cc2)c1[N+](=O)[O-])c1cccc2ccccc12. The van der Waals surface area contributed by atoms with Crippen molar-refractivity contribution < 1.29 is 9.72 Å². The fraction of sp³-hybridized carbons (Fsp3) is 0.0870. The Bertz CT molecular complexity index is 1320. The molecule has 9 nitrogen and oxygen atoms in total. The van der Waals surface area contributed by atoms with Gasteiger partial charge in [0.2, 0.25) is 11.6 Å². The van der Waals surface area contributed by atoms with Crippen LogP contribution >= 0.6 is 11.6 Å². The van der Waals surface area contributed by atoms with E-state index in [1.165, 1.54) is 6.33 Å². The minimum atomic E-state index is -0.570. The first-order chi connectivity index (χ1) is 16.0. The molecular formula is C23H19ClN6O3. The van der Waals surface area contributed by atoms with Crippen molar-refractivity contribution in [2.45, 2.75) is 6.92 Å². The van der Waals surface area contributed by atoms with Gasteiger partial charge in [0.25, 0.3) is 5.91 Å². The standard InChI is InChI=1S/C23H19ClN6O3/c1-2-29(19-9-5-7-15-6-3-4-8-18(15)19)22-20(30(32)33)21(25-14-26-22)27-28-23(31)16-10-12-17(24)13-11-16/h3-14H,2H2,1H3,(H,28,31)(H,25,26,27). The van der Waals surface area contributed by atoms with Crippen LogP contribution in [-0.2, 0) is 0 Å². The Morgan fingerprint density at radius 1 is 1.06 bits per heavy atom. The molecule has 1 aromatic heterocycles. The minimum Gasteiger partial charge on any atom is -0.320 e. The zero-order chi connectivity index (χ0) is 23.4. The number of amides is 1. The summed E-state index contributed by atoms with van der Waals surface area (Å²) in [5.41, 5.74) is 5.74. The highest BCUT2D eigenvalue weighted by Crippen LogP contribution is 2.38. The topological polar surface area (TPSA) is 113 Å². The van der Waals surface area contributed by atoms with E-state index in [0.29, 0.717) is 17.1 Å². The molecule has 0 aliphatic heterocycles. The number of nitrogens with one attached hydrogen (secondary N) is 2. The highest BCUT2D eigenvalue weighted by molar-refractivity contribution is 6.30. The molecule has 4 rings (SSSR count). The van der Waals surface area contributed by atoms with Gasteiger partial charge in [0, 0.05) is 22.5 Å². The fourth-order valence-corrected chi connectivity index (χ4v) is 3.62. The number of carbonyl (C=O) groups is 1. The molecule has 0 aliphatic carbocycles. The van der Waals surface area contributed by atoms with Crippen molar-refractivity contribution in [2.75, 3.05) is 16.9 Å². The molecule has 0 atom stereocenters. The molecule has 2 N–H and O–H groups in total. The highest BCUT2D eigenvalue weighted by atomic mass is 35.5. The van der Waals surface area contributed by atoms with Gasteiger partial charge in [0.1, 0.15) is 6.33 Å². The average Bonchev–Trinajstić information content (AvgIpc) is 2.83. The Labute approximate surface area is 194 Å². The van der Waals surface area contributed by atoms with E-state index in [1.54, 1.807) is 29.2 Å². The van der Waals surface area contributed by atoms with Crippen LogP contribution in [0.2, 0.25) is 5.02 Å². The summed E-state index contributed by atoms with van der Waals surface area (Å²) in [4.78, 5) is 33.8. The van der Waals surface area contributed by atoms with Gasteiger partial charge < -0.3 is 4.90 Å². The summed E-state index contributed by atoms with van der Waals surface area (Å²) in [6.07, 6.45) is 1.22. The van der Waals surface area contributed by atoms with E-state index in [-0.39, 0.29) is 17.3 Å². The number of aromatic nitrogens is 2. The molecule has 3 aromatic carbocycles. The second kappa shape index (κ2) is 9.49. The summed E-state index contributed by atoms with van der Waals surface area (Å²) in [6, 6.07) is 19.7. The molecule has 0 spiro atoms. The molecule has 4 aromatic rings. The van der Waals surface area contributed by atoms with Crippen molar-refractivity contribution in [3.63, 3.8) is 0 Å². The Morgan fingerprint density at radius 2 is 1.79 bits per heavy atom. The van der Waals surface area contributed by atoms with Crippen molar-refractivity contribution >= 4 is 51.3 Å². The third kappa shape index (κ3) is 4.53. The van der Waals surface area contributed by atoms with Gasteiger partial charge in [-0.25, -0.2) is 9.97 Å². The van der Waals surface area contributed by atoms with E-state index in [9.17, 15) is 14.9 Å². The number of benzene rings is 3. The zero-order valence-electron chi connectivity index (χ0n) is 17.5. The van der Waals surface area contributed by atoms with Gasteiger partial charge in [0.15, 0.2) is 0 Å². The van der Waals surface area contributed by atoms with Crippen molar-refractivity contribution in [3.8, 4) is 0 Å². The molecule has 0 fully saturated rings. The maximum atomic E-state index is 12.4. The van der Waals surface area contributed by atoms with Crippen LogP contribution in [0.4, 0.5) is 23.0 Å². The first kappa shape index (κ1) is 22.0. The number of fused-ring (bicyclic) bond motifs is 1. The Hall–Kier alpha value is -4.24. The Balaban J connectivity index is 1.70. The smallest absolute Gasteiger partial charge is 0.320 e. The molecule has 166 valence electrons. The lowest BCUT2D eigenvalue weighted by atomic mass is 10.1. The molecule has 0 saturated carbocycles. The quantitative estimate of drug-likeness (QED) is 0.290. The first-order valence-corrected chi connectivity index (χ1v) is 10.4. The Morgan fingerprint density at radius 3 is 2.52 bits per heavy atom. The number of nitrogens with zero attached hydrogens (tertiary/aromatic N) is 4. The maximum absolute atomic E-state index is 12.4. The molecule has 33 heavy (non-hydrogen) atoms. The number of carbonyl (C=O) groups excluding carboxylic acids is 1. The van der Waals surface area contributed by atoms with Gasteiger partial charge in [-0.05, 0) is 42.6 Å². The van der Waals surface area contributed by atoms with Crippen molar-refractivity contribution in [3.05, 3.63) is 93.8 Å². The van der Waals surface area contributed by atoms with Crippen LogP contribution in [-0.4, -0.2) is 27.3 Å². The van der Waals surface area contributed by atoms with Gasteiger partial charge in [-0.2, -0.15) is 0 Å². The van der Waals surface area contributed by atoms with Crippen LogP contribution in [0.25, 0.3) is 10.8 Å². The average molecular weight is 463 g/mol. The Kier molecular flexibility index (Phi) is 6.32.